The molecule has 1 aromatic heterocycles. The Hall–Kier alpha value is -1.30. The summed E-state index contributed by atoms with van der Waals surface area (Å²) in [6.07, 6.45) is 5.73. The predicted molar refractivity (Wildman–Crippen MR) is 87.1 cm³/mol. The van der Waals surface area contributed by atoms with Crippen molar-refractivity contribution in [3.63, 3.8) is 0 Å². The minimum Gasteiger partial charge on any atom is -0.493 e. The number of rotatable bonds is 3. The van der Waals surface area contributed by atoms with Gasteiger partial charge in [0.25, 0.3) is 0 Å². The van der Waals surface area contributed by atoms with Crippen LogP contribution in [-0.2, 0) is 0 Å². The highest BCUT2D eigenvalue weighted by Crippen LogP contribution is 2.32. The molecule has 0 bridgehead atoms. The van der Waals surface area contributed by atoms with E-state index in [1.165, 1.54) is 6.33 Å². The van der Waals surface area contributed by atoms with Gasteiger partial charge < -0.3 is 14.8 Å². The van der Waals surface area contributed by atoms with Crippen molar-refractivity contribution >= 4 is 35.7 Å². The molecular weight excluding hydrogens is 313 g/mol. The first-order chi connectivity index (χ1) is 9.36. The Morgan fingerprint density at radius 3 is 2.81 bits per heavy atom. The van der Waals surface area contributed by atoms with Gasteiger partial charge in [-0.25, -0.2) is 9.97 Å². The lowest BCUT2D eigenvalue weighted by atomic mass is 10.1. The van der Waals surface area contributed by atoms with Gasteiger partial charge in [-0.15, -0.1) is 24.8 Å². The van der Waals surface area contributed by atoms with E-state index in [-0.39, 0.29) is 30.9 Å². The molecule has 1 aliphatic rings. The maximum absolute atomic E-state index is 6.04. The Morgan fingerprint density at radius 1 is 1.24 bits per heavy atom. The van der Waals surface area contributed by atoms with E-state index in [0.29, 0.717) is 0 Å². The van der Waals surface area contributed by atoms with Crippen LogP contribution in [0.25, 0.3) is 10.9 Å². The van der Waals surface area contributed by atoms with Gasteiger partial charge in [-0.05, 0) is 25.5 Å². The molecule has 116 valence electrons. The second kappa shape index (κ2) is 8.22. The number of halogens is 2. The zero-order valence-corrected chi connectivity index (χ0v) is 13.4. The first-order valence-electron chi connectivity index (χ1n) is 6.52. The van der Waals surface area contributed by atoms with E-state index in [1.54, 1.807) is 13.3 Å². The SMILES string of the molecule is COc1cc2ncncc2cc1OC1CCCNC1.Cl.Cl. The van der Waals surface area contributed by atoms with Gasteiger partial charge in [0, 0.05) is 24.2 Å². The summed E-state index contributed by atoms with van der Waals surface area (Å²) in [5.74, 6) is 1.48. The number of ether oxygens (including phenoxy) is 2. The largest absolute Gasteiger partial charge is 0.493 e. The second-order valence-electron chi connectivity index (χ2n) is 4.67. The molecule has 0 amide bonds. The molecule has 0 saturated carbocycles. The molecule has 0 aliphatic carbocycles. The van der Waals surface area contributed by atoms with Gasteiger partial charge in [0.2, 0.25) is 0 Å². The molecule has 3 rings (SSSR count). The number of aromatic nitrogens is 2. The summed E-state index contributed by atoms with van der Waals surface area (Å²) >= 11 is 0. The highest BCUT2D eigenvalue weighted by Gasteiger charge is 2.17. The lowest BCUT2D eigenvalue weighted by Crippen LogP contribution is -2.37. The van der Waals surface area contributed by atoms with Crippen molar-refractivity contribution in [1.29, 1.82) is 0 Å². The van der Waals surface area contributed by atoms with E-state index >= 15 is 0 Å². The Kier molecular flexibility index (Phi) is 6.95. The Morgan fingerprint density at radius 2 is 2.10 bits per heavy atom. The maximum atomic E-state index is 6.04. The number of methoxy groups -OCH3 is 1. The van der Waals surface area contributed by atoms with E-state index in [1.807, 2.05) is 12.1 Å². The predicted octanol–water partition coefficient (Wildman–Crippen LogP) is 2.61. The Balaban J connectivity index is 0.00000110. The second-order valence-corrected chi connectivity index (χ2v) is 4.67. The van der Waals surface area contributed by atoms with Crippen LogP contribution in [0.1, 0.15) is 12.8 Å². The van der Waals surface area contributed by atoms with Crippen LogP contribution in [0.15, 0.2) is 24.7 Å². The van der Waals surface area contributed by atoms with E-state index in [2.05, 4.69) is 15.3 Å². The van der Waals surface area contributed by atoms with E-state index < -0.39 is 0 Å². The average Bonchev–Trinajstić information content (AvgIpc) is 2.47. The summed E-state index contributed by atoms with van der Waals surface area (Å²) in [6, 6.07) is 3.84. The number of piperidine rings is 1. The fraction of sp³-hybridized carbons (Fsp3) is 0.429. The summed E-state index contributed by atoms with van der Waals surface area (Å²) in [6.45, 7) is 1.95. The van der Waals surface area contributed by atoms with Crippen molar-refractivity contribution in [2.24, 2.45) is 0 Å². The minimum atomic E-state index is 0. The molecule has 1 atom stereocenters. The van der Waals surface area contributed by atoms with Crippen LogP contribution < -0.4 is 14.8 Å². The molecule has 1 aromatic carbocycles. The summed E-state index contributed by atoms with van der Waals surface area (Å²) < 4.78 is 11.4. The molecule has 1 saturated heterocycles. The van der Waals surface area contributed by atoms with Gasteiger partial charge in [0.1, 0.15) is 12.4 Å². The third kappa shape index (κ3) is 4.09. The molecule has 7 heteroatoms. The smallest absolute Gasteiger partial charge is 0.162 e. The molecular formula is C14H19Cl2N3O2. The highest BCUT2D eigenvalue weighted by molar-refractivity contribution is 5.85. The van der Waals surface area contributed by atoms with Gasteiger partial charge in [-0.3, -0.25) is 0 Å². The topological polar surface area (TPSA) is 56.3 Å². The lowest BCUT2D eigenvalue weighted by Gasteiger charge is -2.24. The summed E-state index contributed by atoms with van der Waals surface area (Å²) in [5, 5.41) is 4.30. The summed E-state index contributed by atoms with van der Waals surface area (Å²) in [7, 11) is 1.65. The fourth-order valence-corrected chi connectivity index (χ4v) is 2.34. The van der Waals surface area contributed by atoms with Crippen molar-refractivity contribution in [3.8, 4) is 11.5 Å². The molecule has 5 nitrogen and oxygen atoms in total. The summed E-state index contributed by atoms with van der Waals surface area (Å²) in [5.41, 5.74) is 0.862. The Bertz CT molecular complexity index is 577. The number of nitrogens with zero attached hydrogens (tertiary/aromatic N) is 2. The molecule has 1 N–H and O–H groups in total. The zero-order valence-electron chi connectivity index (χ0n) is 11.7. The fourth-order valence-electron chi connectivity index (χ4n) is 2.34. The first-order valence-corrected chi connectivity index (χ1v) is 6.52. The van der Waals surface area contributed by atoms with Crippen molar-refractivity contribution in [2.75, 3.05) is 20.2 Å². The van der Waals surface area contributed by atoms with Crippen LogP contribution >= 0.6 is 24.8 Å². The van der Waals surface area contributed by atoms with Crippen LogP contribution in [0.5, 0.6) is 11.5 Å². The van der Waals surface area contributed by atoms with Gasteiger partial charge in [0.05, 0.1) is 12.6 Å². The quantitative estimate of drug-likeness (QED) is 0.936. The molecule has 1 unspecified atom stereocenters. The standard InChI is InChI=1S/C14H17N3O2.2ClH/c1-18-13-6-12-10(7-16-9-17-12)5-14(13)19-11-3-2-4-15-8-11;;/h5-7,9,11,15H,2-4,8H2,1H3;2*1H. The van der Waals surface area contributed by atoms with Crippen LogP contribution in [0.2, 0.25) is 0 Å². The van der Waals surface area contributed by atoms with E-state index in [4.69, 9.17) is 9.47 Å². The molecule has 0 radical (unpaired) electrons. The van der Waals surface area contributed by atoms with E-state index in [9.17, 15) is 0 Å². The van der Waals surface area contributed by atoms with Crippen LogP contribution in [-0.4, -0.2) is 36.3 Å². The first kappa shape index (κ1) is 17.8. The van der Waals surface area contributed by atoms with Crippen molar-refractivity contribution in [1.82, 2.24) is 15.3 Å². The van der Waals surface area contributed by atoms with Crippen LogP contribution in [0, 0.1) is 0 Å². The molecule has 1 fully saturated rings. The monoisotopic (exact) mass is 331 g/mol. The molecule has 2 heterocycles. The lowest BCUT2D eigenvalue weighted by molar-refractivity contribution is 0.161. The summed E-state index contributed by atoms with van der Waals surface area (Å²) in [4.78, 5) is 8.26. The van der Waals surface area contributed by atoms with Crippen LogP contribution in [0.3, 0.4) is 0 Å². The van der Waals surface area contributed by atoms with E-state index in [0.717, 1.165) is 48.3 Å². The number of nitrogens with one attached hydrogen (secondary N) is 1. The number of hydrogen-bond acceptors (Lipinski definition) is 5. The maximum Gasteiger partial charge on any atom is 0.162 e. The van der Waals surface area contributed by atoms with Gasteiger partial charge >= 0.3 is 0 Å². The number of hydrogen-bond donors (Lipinski definition) is 1. The minimum absolute atomic E-state index is 0. The van der Waals surface area contributed by atoms with Gasteiger partial charge in [0.15, 0.2) is 11.5 Å². The third-order valence-electron chi connectivity index (χ3n) is 3.34. The Labute approximate surface area is 136 Å². The van der Waals surface area contributed by atoms with Gasteiger partial charge in [-0.2, -0.15) is 0 Å². The number of fused-ring (bicyclic) bond motifs is 1. The molecule has 21 heavy (non-hydrogen) atoms. The number of benzene rings is 1. The molecule has 2 aromatic rings. The normalized spacial score (nSPS) is 17.5. The molecule has 1 aliphatic heterocycles. The molecule has 0 spiro atoms. The van der Waals surface area contributed by atoms with Gasteiger partial charge in [-0.1, -0.05) is 0 Å². The highest BCUT2D eigenvalue weighted by atomic mass is 35.5. The van der Waals surface area contributed by atoms with Crippen molar-refractivity contribution in [2.45, 2.75) is 18.9 Å². The van der Waals surface area contributed by atoms with Crippen LogP contribution in [0.4, 0.5) is 0 Å². The van der Waals surface area contributed by atoms with Crippen molar-refractivity contribution in [3.05, 3.63) is 24.7 Å². The third-order valence-corrected chi connectivity index (χ3v) is 3.34. The van der Waals surface area contributed by atoms with Crippen molar-refractivity contribution < 1.29 is 9.47 Å². The average molecular weight is 332 g/mol. The zero-order chi connectivity index (χ0) is 13.1.